The van der Waals surface area contributed by atoms with Crippen LogP contribution in [0.25, 0.3) is 10.9 Å². The second kappa shape index (κ2) is 5.63. The molecule has 3 atom stereocenters. The average molecular weight is 357 g/mol. The molecule has 3 unspecified atom stereocenters. The van der Waals surface area contributed by atoms with E-state index in [1.807, 2.05) is 0 Å². The molecule has 2 aliphatic carbocycles. The van der Waals surface area contributed by atoms with Crippen LogP contribution in [0.4, 0.5) is 4.39 Å². The van der Waals surface area contributed by atoms with Gasteiger partial charge in [-0.2, -0.15) is 0 Å². The van der Waals surface area contributed by atoms with E-state index in [9.17, 15) is 14.0 Å². The quantitative estimate of drug-likeness (QED) is 0.919. The normalized spacial score (nSPS) is 29.2. The number of nitrogens with one attached hydrogen (secondary N) is 1. The minimum absolute atomic E-state index is 0.0726. The van der Waals surface area contributed by atoms with Gasteiger partial charge in [0.1, 0.15) is 12.4 Å². The van der Waals surface area contributed by atoms with Crippen LogP contribution in [-0.4, -0.2) is 21.5 Å². The lowest BCUT2D eigenvalue weighted by molar-refractivity contribution is -0.123. The number of amides is 1. The smallest absolute Gasteiger partial charge is 0.261 e. The summed E-state index contributed by atoms with van der Waals surface area (Å²) >= 11 is 0. The molecule has 1 amide bonds. The van der Waals surface area contributed by atoms with Crippen molar-refractivity contribution in [2.45, 2.75) is 52.6 Å². The van der Waals surface area contributed by atoms with E-state index < -0.39 is 5.82 Å². The van der Waals surface area contributed by atoms with E-state index in [-0.39, 0.29) is 34.9 Å². The average Bonchev–Trinajstić information content (AvgIpc) is 2.91. The highest BCUT2D eigenvalue weighted by Gasteiger charge is 2.61. The molecule has 2 aromatic rings. The molecule has 0 radical (unpaired) electrons. The number of rotatable bonds is 3. The Kier molecular flexibility index (Phi) is 3.72. The summed E-state index contributed by atoms with van der Waals surface area (Å²) in [6.07, 6.45) is 4.66. The zero-order chi connectivity index (χ0) is 18.7. The number of carbonyl (C=O) groups excluding carboxylic acids is 1. The molecule has 0 saturated heterocycles. The summed E-state index contributed by atoms with van der Waals surface area (Å²) in [5, 5.41) is 3.47. The first-order chi connectivity index (χ1) is 12.2. The van der Waals surface area contributed by atoms with Crippen molar-refractivity contribution in [3.05, 3.63) is 40.7 Å². The van der Waals surface area contributed by atoms with Gasteiger partial charge < -0.3 is 5.32 Å². The van der Waals surface area contributed by atoms with Crippen LogP contribution in [0, 0.1) is 22.6 Å². The minimum Gasteiger partial charge on any atom is -0.351 e. The minimum atomic E-state index is -0.438. The van der Waals surface area contributed by atoms with Gasteiger partial charge in [0, 0.05) is 12.1 Å². The molecule has 138 valence electrons. The SMILES string of the molecule is CC1(C)C2CCC1(C)C(NC(=O)Cn1cnc3cc(F)ccc3c1=O)C2. The Morgan fingerprint density at radius 3 is 2.81 bits per heavy atom. The summed E-state index contributed by atoms with van der Waals surface area (Å²) in [5.74, 6) is 0.0229. The van der Waals surface area contributed by atoms with E-state index in [1.165, 1.54) is 35.5 Å². The molecule has 0 aliphatic heterocycles. The summed E-state index contributed by atoms with van der Waals surface area (Å²) in [4.78, 5) is 29.2. The lowest BCUT2D eigenvalue weighted by Gasteiger charge is -2.39. The van der Waals surface area contributed by atoms with Crippen LogP contribution in [0.2, 0.25) is 0 Å². The standard InChI is InChI=1S/C20H24FN3O2/c1-19(2)12-6-7-20(19,3)16(8-12)23-17(25)10-24-11-22-15-9-13(21)4-5-14(15)18(24)26/h4-5,9,11-12,16H,6-8,10H2,1-3H3,(H,23,25). The number of nitrogens with zero attached hydrogens (tertiary/aromatic N) is 2. The van der Waals surface area contributed by atoms with Crippen molar-refractivity contribution < 1.29 is 9.18 Å². The molecule has 0 spiro atoms. The molecular weight excluding hydrogens is 333 g/mol. The summed E-state index contributed by atoms with van der Waals surface area (Å²) in [6.45, 7) is 6.79. The molecule has 6 heteroatoms. The summed E-state index contributed by atoms with van der Waals surface area (Å²) in [5.41, 5.74) is 0.284. The van der Waals surface area contributed by atoms with Crippen LogP contribution in [0.15, 0.2) is 29.3 Å². The number of halogens is 1. The molecule has 1 aromatic carbocycles. The van der Waals surface area contributed by atoms with Crippen LogP contribution in [0.5, 0.6) is 0 Å². The second-order valence-corrected chi connectivity index (χ2v) is 8.57. The topological polar surface area (TPSA) is 64.0 Å². The Morgan fingerprint density at radius 2 is 2.15 bits per heavy atom. The van der Waals surface area contributed by atoms with Gasteiger partial charge in [-0.15, -0.1) is 0 Å². The Labute approximate surface area is 151 Å². The van der Waals surface area contributed by atoms with Crippen LogP contribution >= 0.6 is 0 Å². The predicted octanol–water partition coefficient (Wildman–Crippen LogP) is 2.87. The van der Waals surface area contributed by atoms with Crippen LogP contribution in [-0.2, 0) is 11.3 Å². The highest BCUT2D eigenvalue weighted by atomic mass is 19.1. The molecule has 5 nitrogen and oxygen atoms in total. The van der Waals surface area contributed by atoms with Crippen molar-refractivity contribution in [1.29, 1.82) is 0 Å². The second-order valence-electron chi connectivity index (χ2n) is 8.57. The number of carbonyl (C=O) groups is 1. The van der Waals surface area contributed by atoms with E-state index in [0.29, 0.717) is 16.8 Å². The van der Waals surface area contributed by atoms with Crippen molar-refractivity contribution in [3.63, 3.8) is 0 Å². The lowest BCUT2D eigenvalue weighted by atomic mass is 9.69. The lowest BCUT2D eigenvalue weighted by Crippen LogP contribution is -2.48. The Morgan fingerprint density at radius 1 is 1.38 bits per heavy atom. The van der Waals surface area contributed by atoms with Gasteiger partial charge >= 0.3 is 0 Å². The Bertz CT molecular complexity index is 952. The molecule has 1 aromatic heterocycles. The fourth-order valence-electron chi connectivity index (χ4n) is 5.06. The monoisotopic (exact) mass is 357 g/mol. The first-order valence-electron chi connectivity index (χ1n) is 9.16. The Balaban J connectivity index is 1.53. The van der Waals surface area contributed by atoms with Gasteiger partial charge in [-0.25, -0.2) is 9.37 Å². The maximum atomic E-state index is 13.3. The van der Waals surface area contributed by atoms with Gasteiger partial charge in [-0.1, -0.05) is 20.8 Å². The van der Waals surface area contributed by atoms with Gasteiger partial charge in [0.15, 0.2) is 0 Å². The van der Waals surface area contributed by atoms with E-state index in [0.717, 1.165) is 12.8 Å². The van der Waals surface area contributed by atoms with Crippen LogP contribution in [0.3, 0.4) is 0 Å². The van der Waals surface area contributed by atoms with Gasteiger partial charge in [0.05, 0.1) is 17.2 Å². The van der Waals surface area contributed by atoms with Gasteiger partial charge in [0.2, 0.25) is 5.91 Å². The third-order valence-electron chi connectivity index (χ3n) is 7.23. The first-order valence-corrected chi connectivity index (χ1v) is 9.16. The van der Waals surface area contributed by atoms with Gasteiger partial charge in [-0.3, -0.25) is 14.2 Å². The molecule has 4 rings (SSSR count). The van der Waals surface area contributed by atoms with Crippen molar-refractivity contribution >= 4 is 16.8 Å². The molecule has 26 heavy (non-hydrogen) atoms. The third kappa shape index (κ3) is 2.38. The van der Waals surface area contributed by atoms with Crippen LogP contribution in [0.1, 0.15) is 40.0 Å². The van der Waals surface area contributed by atoms with Gasteiger partial charge in [-0.05, 0) is 48.1 Å². The molecule has 2 saturated carbocycles. The van der Waals surface area contributed by atoms with E-state index in [4.69, 9.17) is 0 Å². The fraction of sp³-hybridized carbons (Fsp3) is 0.550. The van der Waals surface area contributed by atoms with Crippen molar-refractivity contribution in [2.24, 2.45) is 16.7 Å². The molecule has 2 bridgehead atoms. The number of aromatic nitrogens is 2. The van der Waals surface area contributed by atoms with Crippen molar-refractivity contribution in [2.75, 3.05) is 0 Å². The fourth-order valence-corrected chi connectivity index (χ4v) is 5.06. The maximum Gasteiger partial charge on any atom is 0.261 e. The number of fused-ring (bicyclic) bond motifs is 3. The predicted molar refractivity (Wildman–Crippen MR) is 97.1 cm³/mol. The Hall–Kier alpha value is -2.24. The van der Waals surface area contributed by atoms with E-state index in [1.54, 1.807) is 0 Å². The van der Waals surface area contributed by atoms with Crippen molar-refractivity contribution in [1.82, 2.24) is 14.9 Å². The molecular formula is C20H24FN3O2. The maximum absolute atomic E-state index is 13.3. The number of hydrogen-bond acceptors (Lipinski definition) is 3. The highest BCUT2D eigenvalue weighted by Crippen LogP contribution is 2.65. The zero-order valence-corrected chi connectivity index (χ0v) is 15.4. The summed E-state index contributed by atoms with van der Waals surface area (Å²) in [7, 11) is 0. The number of benzene rings is 1. The summed E-state index contributed by atoms with van der Waals surface area (Å²) in [6, 6.07) is 4.00. The molecule has 1 heterocycles. The largest absolute Gasteiger partial charge is 0.351 e. The molecule has 1 N–H and O–H groups in total. The summed E-state index contributed by atoms with van der Waals surface area (Å²) < 4.78 is 14.6. The van der Waals surface area contributed by atoms with Gasteiger partial charge in [0.25, 0.3) is 5.56 Å². The van der Waals surface area contributed by atoms with Crippen LogP contribution < -0.4 is 10.9 Å². The zero-order valence-electron chi connectivity index (χ0n) is 15.4. The van der Waals surface area contributed by atoms with Crippen molar-refractivity contribution in [3.8, 4) is 0 Å². The number of hydrogen-bond donors (Lipinski definition) is 1. The third-order valence-corrected chi connectivity index (χ3v) is 7.23. The first kappa shape index (κ1) is 17.2. The molecule has 2 fully saturated rings. The highest BCUT2D eigenvalue weighted by molar-refractivity contribution is 5.79. The van der Waals surface area contributed by atoms with E-state index >= 15 is 0 Å². The molecule has 2 aliphatic rings. The van der Waals surface area contributed by atoms with E-state index in [2.05, 4.69) is 31.1 Å².